The van der Waals surface area contributed by atoms with Gasteiger partial charge >= 0.3 is 0 Å². The Hall–Kier alpha value is -1.37. The van der Waals surface area contributed by atoms with Gasteiger partial charge in [0.15, 0.2) is 0 Å². The van der Waals surface area contributed by atoms with Crippen molar-refractivity contribution in [1.82, 2.24) is 15.2 Å². The Kier molecular flexibility index (Phi) is 8.73. The number of piperidine rings is 1. The molecule has 3 N–H and O–H groups in total. The van der Waals surface area contributed by atoms with Gasteiger partial charge in [-0.3, -0.25) is 14.6 Å². The summed E-state index contributed by atoms with van der Waals surface area (Å²) in [6.07, 6.45) is 10.6. The predicted molar refractivity (Wildman–Crippen MR) is 117 cm³/mol. The van der Waals surface area contributed by atoms with E-state index in [9.17, 15) is 9.59 Å². The van der Waals surface area contributed by atoms with Gasteiger partial charge in [-0.05, 0) is 62.5 Å². The lowest BCUT2D eigenvalue weighted by atomic mass is 9.67. The van der Waals surface area contributed by atoms with Crippen molar-refractivity contribution in [1.29, 1.82) is 0 Å². The highest BCUT2D eigenvalue weighted by Crippen LogP contribution is 2.39. The SMILES string of the molecule is Cl.Cl.NC1CC2CCCC(C1)C2NC(=O)C1CCCN(C(=O)c2ccncc2)C1. The fourth-order valence-electron chi connectivity index (χ4n) is 5.36. The number of amides is 2. The lowest BCUT2D eigenvalue weighted by molar-refractivity contribution is -0.128. The average molecular weight is 443 g/mol. The molecule has 1 saturated heterocycles. The number of hydrogen-bond acceptors (Lipinski definition) is 4. The summed E-state index contributed by atoms with van der Waals surface area (Å²) < 4.78 is 0. The van der Waals surface area contributed by atoms with Crippen LogP contribution in [-0.4, -0.2) is 46.9 Å². The number of halogens is 2. The van der Waals surface area contributed by atoms with Crippen molar-refractivity contribution >= 4 is 36.6 Å². The van der Waals surface area contributed by atoms with Gasteiger partial charge in [0, 0.05) is 43.1 Å². The molecule has 0 spiro atoms. The number of carbonyl (C=O) groups is 2. The fraction of sp³-hybridized carbons (Fsp3) is 0.667. The predicted octanol–water partition coefficient (Wildman–Crippen LogP) is 2.80. The van der Waals surface area contributed by atoms with Crippen LogP contribution in [0.2, 0.25) is 0 Å². The zero-order valence-corrected chi connectivity index (χ0v) is 18.3. The normalized spacial score (nSPS) is 31.1. The molecule has 3 aliphatic rings. The molecule has 2 amide bonds. The topological polar surface area (TPSA) is 88.3 Å². The number of aromatic nitrogens is 1. The van der Waals surface area contributed by atoms with E-state index in [2.05, 4.69) is 10.3 Å². The van der Waals surface area contributed by atoms with Crippen LogP contribution in [0.4, 0.5) is 0 Å². The zero-order chi connectivity index (χ0) is 18.8. The Labute approximate surface area is 185 Å². The number of fused-ring (bicyclic) bond motifs is 2. The van der Waals surface area contributed by atoms with E-state index >= 15 is 0 Å². The average Bonchev–Trinajstić information content (AvgIpc) is 2.69. The van der Waals surface area contributed by atoms with E-state index in [0.717, 1.165) is 25.7 Å². The van der Waals surface area contributed by atoms with Crippen molar-refractivity contribution < 1.29 is 9.59 Å². The van der Waals surface area contributed by atoms with E-state index in [1.165, 1.54) is 19.3 Å². The van der Waals surface area contributed by atoms with E-state index in [1.54, 1.807) is 24.5 Å². The molecule has 162 valence electrons. The number of nitrogens with two attached hydrogens (primary N) is 1. The van der Waals surface area contributed by atoms with Gasteiger partial charge in [0.1, 0.15) is 0 Å². The molecule has 8 heteroatoms. The fourth-order valence-corrected chi connectivity index (χ4v) is 5.36. The van der Waals surface area contributed by atoms with Gasteiger partial charge in [0.25, 0.3) is 5.91 Å². The second-order valence-corrected chi connectivity index (χ2v) is 8.54. The molecular weight excluding hydrogens is 411 g/mol. The lowest BCUT2D eigenvalue weighted by Gasteiger charge is -2.46. The van der Waals surface area contributed by atoms with Crippen LogP contribution in [0.3, 0.4) is 0 Å². The summed E-state index contributed by atoms with van der Waals surface area (Å²) in [5, 5.41) is 3.37. The van der Waals surface area contributed by atoms with E-state index in [0.29, 0.717) is 30.5 Å². The van der Waals surface area contributed by atoms with Crippen molar-refractivity contribution in [3.05, 3.63) is 30.1 Å². The minimum atomic E-state index is -0.110. The van der Waals surface area contributed by atoms with Crippen LogP contribution in [0.15, 0.2) is 24.5 Å². The van der Waals surface area contributed by atoms with Crippen LogP contribution in [0, 0.1) is 17.8 Å². The highest BCUT2D eigenvalue weighted by molar-refractivity contribution is 5.94. The summed E-state index contributed by atoms with van der Waals surface area (Å²) in [6, 6.07) is 4.03. The molecular formula is C21H32Cl2N4O2. The molecule has 3 atom stereocenters. The van der Waals surface area contributed by atoms with E-state index in [4.69, 9.17) is 5.73 Å². The second-order valence-electron chi connectivity index (χ2n) is 8.54. The smallest absolute Gasteiger partial charge is 0.253 e. The van der Waals surface area contributed by atoms with Crippen LogP contribution in [0.1, 0.15) is 55.3 Å². The number of pyridine rings is 1. The summed E-state index contributed by atoms with van der Waals surface area (Å²) in [6.45, 7) is 1.23. The molecule has 0 radical (unpaired) electrons. The Bertz CT molecular complexity index is 677. The minimum Gasteiger partial charge on any atom is -0.353 e. The third-order valence-electron chi connectivity index (χ3n) is 6.69. The molecule has 1 aromatic rings. The monoisotopic (exact) mass is 442 g/mol. The summed E-state index contributed by atoms with van der Waals surface area (Å²) in [5.41, 5.74) is 6.85. The quantitative estimate of drug-likeness (QED) is 0.752. The molecule has 2 aliphatic carbocycles. The number of rotatable bonds is 3. The van der Waals surface area contributed by atoms with Gasteiger partial charge < -0.3 is 16.0 Å². The van der Waals surface area contributed by atoms with Crippen LogP contribution < -0.4 is 11.1 Å². The molecule has 1 aliphatic heterocycles. The molecule has 29 heavy (non-hydrogen) atoms. The van der Waals surface area contributed by atoms with Crippen LogP contribution in [0.5, 0.6) is 0 Å². The molecule has 4 rings (SSSR count). The molecule has 2 saturated carbocycles. The third kappa shape index (κ3) is 5.41. The molecule has 6 nitrogen and oxygen atoms in total. The summed E-state index contributed by atoms with van der Waals surface area (Å²) in [7, 11) is 0. The van der Waals surface area contributed by atoms with Crippen molar-refractivity contribution in [2.75, 3.05) is 13.1 Å². The van der Waals surface area contributed by atoms with Gasteiger partial charge in [0.05, 0.1) is 5.92 Å². The standard InChI is InChI=1S/C21H30N4O2.2ClH/c22-18-11-15-3-1-4-16(12-18)19(15)24-20(26)17-5-2-10-25(13-17)21(27)14-6-8-23-9-7-14;;/h6-9,15-19H,1-5,10-13,22H2,(H,24,26);2*1H. The number of nitrogens with zero attached hydrogens (tertiary/aromatic N) is 2. The Morgan fingerprint density at radius 2 is 1.69 bits per heavy atom. The molecule has 2 bridgehead atoms. The highest BCUT2D eigenvalue weighted by Gasteiger charge is 2.41. The van der Waals surface area contributed by atoms with Crippen LogP contribution >= 0.6 is 24.8 Å². The lowest BCUT2D eigenvalue weighted by Crippen LogP contribution is -2.56. The first kappa shape index (κ1) is 23.9. The van der Waals surface area contributed by atoms with Gasteiger partial charge in [0.2, 0.25) is 5.91 Å². The number of nitrogens with one attached hydrogen (secondary N) is 1. The summed E-state index contributed by atoms with van der Waals surface area (Å²) in [5.74, 6) is 1.06. The van der Waals surface area contributed by atoms with Crippen molar-refractivity contribution in [3.63, 3.8) is 0 Å². The van der Waals surface area contributed by atoms with E-state index < -0.39 is 0 Å². The molecule has 1 aromatic heterocycles. The Morgan fingerprint density at radius 1 is 1.03 bits per heavy atom. The largest absolute Gasteiger partial charge is 0.353 e. The Balaban J connectivity index is 0.00000150. The third-order valence-corrected chi connectivity index (χ3v) is 6.69. The van der Waals surface area contributed by atoms with Crippen molar-refractivity contribution in [2.45, 2.75) is 57.0 Å². The number of hydrogen-bond donors (Lipinski definition) is 2. The maximum absolute atomic E-state index is 13.0. The maximum atomic E-state index is 13.0. The highest BCUT2D eigenvalue weighted by atomic mass is 35.5. The van der Waals surface area contributed by atoms with Crippen LogP contribution in [0.25, 0.3) is 0 Å². The zero-order valence-electron chi connectivity index (χ0n) is 16.7. The van der Waals surface area contributed by atoms with Gasteiger partial charge in [-0.25, -0.2) is 0 Å². The Morgan fingerprint density at radius 3 is 2.34 bits per heavy atom. The second kappa shape index (κ2) is 10.6. The number of likely N-dealkylation sites (tertiary alicyclic amines) is 1. The van der Waals surface area contributed by atoms with Gasteiger partial charge in [-0.15, -0.1) is 24.8 Å². The van der Waals surface area contributed by atoms with Gasteiger partial charge in [-0.1, -0.05) is 6.42 Å². The van der Waals surface area contributed by atoms with Crippen LogP contribution in [-0.2, 0) is 4.79 Å². The summed E-state index contributed by atoms with van der Waals surface area (Å²) >= 11 is 0. The van der Waals surface area contributed by atoms with Crippen molar-refractivity contribution in [3.8, 4) is 0 Å². The van der Waals surface area contributed by atoms with Gasteiger partial charge in [-0.2, -0.15) is 0 Å². The molecule has 3 unspecified atom stereocenters. The van der Waals surface area contributed by atoms with Crippen molar-refractivity contribution in [2.24, 2.45) is 23.5 Å². The van der Waals surface area contributed by atoms with E-state index in [-0.39, 0.29) is 54.6 Å². The summed E-state index contributed by atoms with van der Waals surface area (Å²) in [4.78, 5) is 31.5. The first-order chi connectivity index (χ1) is 13.1. The molecule has 3 fully saturated rings. The maximum Gasteiger partial charge on any atom is 0.253 e. The molecule has 2 heterocycles. The first-order valence-electron chi connectivity index (χ1n) is 10.4. The van der Waals surface area contributed by atoms with E-state index in [1.807, 2.05) is 4.90 Å². The molecule has 0 aromatic carbocycles. The number of carbonyl (C=O) groups excluding carboxylic acids is 2. The minimum absolute atomic E-state index is 0. The first-order valence-corrected chi connectivity index (χ1v) is 10.4.